The highest BCUT2D eigenvalue weighted by Gasteiger charge is 2.65. The minimum absolute atomic E-state index is 0.00377. The molecule has 2 amide bonds. The molecule has 1 saturated heterocycles. The minimum atomic E-state index is -1.22. The molecule has 0 unspecified atom stereocenters. The van der Waals surface area contributed by atoms with Crippen molar-refractivity contribution >= 4 is 28.5 Å². The molecule has 14 nitrogen and oxygen atoms in total. The zero-order valence-electron chi connectivity index (χ0n) is 29.9. The summed E-state index contributed by atoms with van der Waals surface area (Å²) in [6.07, 6.45) is 2.00. The Morgan fingerprint density at radius 1 is 0.943 bits per heavy atom. The quantitative estimate of drug-likeness (QED) is 0.197. The Morgan fingerprint density at radius 3 is 2.36 bits per heavy atom. The van der Waals surface area contributed by atoms with Gasteiger partial charge in [-0.1, -0.05) is 36.4 Å². The number of nitrogens with zero attached hydrogens (tertiary/aromatic N) is 6. The zero-order valence-corrected chi connectivity index (χ0v) is 29.9. The summed E-state index contributed by atoms with van der Waals surface area (Å²) >= 11 is 0. The van der Waals surface area contributed by atoms with E-state index >= 15 is 0 Å². The third kappa shape index (κ3) is 4.84. The lowest BCUT2D eigenvalue weighted by atomic mass is 9.56. The predicted octanol–water partition coefficient (Wildman–Crippen LogP) is 3.20. The van der Waals surface area contributed by atoms with Crippen molar-refractivity contribution in [3.63, 3.8) is 0 Å². The van der Waals surface area contributed by atoms with Crippen LogP contribution in [-0.2, 0) is 36.1 Å². The number of para-hydroxylation sites is 1. The van der Waals surface area contributed by atoms with Crippen LogP contribution in [0.1, 0.15) is 42.1 Å². The molecule has 1 aliphatic carbocycles. The van der Waals surface area contributed by atoms with E-state index in [-0.39, 0.29) is 54.7 Å². The van der Waals surface area contributed by atoms with Crippen molar-refractivity contribution in [3.05, 3.63) is 120 Å². The molecule has 1 N–H and O–H groups in total. The second kappa shape index (κ2) is 12.2. The fourth-order valence-electron chi connectivity index (χ4n) is 8.67. The van der Waals surface area contributed by atoms with Crippen LogP contribution in [0.5, 0.6) is 17.2 Å². The Morgan fingerprint density at radius 2 is 1.66 bits per heavy atom. The number of phenols is 1. The summed E-state index contributed by atoms with van der Waals surface area (Å²) in [6, 6.07) is 16.5. The number of phenolic OH excluding ortho intramolecular Hbond substituents is 1. The van der Waals surface area contributed by atoms with E-state index in [1.165, 1.54) is 33.1 Å². The number of methoxy groups -OCH3 is 2. The average molecular weight is 719 g/mol. The number of carbonyl (C=O) groups is 2. The predicted molar refractivity (Wildman–Crippen MR) is 195 cm³/mol. The lowest BCUT2D eigenvalue weighted by Crippen LogP contribution is -2.49. The number of imide groups is 1. The van der Waals surface area contributed by atoms with Crippen LogP contribution in [0.25, 0.3) is 11.0 Å². The number of fused-ring (bicyclic) bond motifs is 5. The fourth-order valence-corrected chi connectivity index (χ4v) is 8.67. The standard InChI is InChI=1S/C39H38N6O8/c1-21-17-22(11-12-30(21)46)33-24-13-16-43-37(50)42(15-14-26-35(48)41(3)29-20-32(53-5)31(52-4)19-27(29)40-26)38(51)45(43)28(24)18-25-34(47)44(36(49)39(25,33)2)23-9-7-6-8-10-23/h6-13,17,19-20,25,28,33,46H,14-16,18H2,1-5H3/t25-,28+,33-,39+/m0/s1. The molecule has 2 aromatic heterocycles. The normalized spacial score (nSPS) is 22.0. The monoisotopic (exact) mass is 718 g/mol. The van der Waals surface area contributed by atoms with Gasteiger partial charge in [-0.15, -0.1) is 0 Å². The van der Waals surface area contributed by atoms with Crippen LogP contribution in [0.15, 0.2) is 86.7 Å². The van der Waals surface area contributed by atoms with Crippen molar-refractivity contribution in [2.75, 3.05) is 19.1 Å². The van der Waals surface area contributed by atoms with Crippen LogP contribution in [0.3, 0.4) is 0 Å². The van der Waals surface area contributed by atoms with Crippen molar-refractivity contribution in [1.29, 1.82) is 0 Å². The highest BCUT2D eigenvalue weighted by atomic mass is 16.5. The van der Waals surface area contributed by atoms with Crippen molar-refractivity contribution < 1.29 is 24.2 Å². The maximum absolute atomic E-state index is 14.5. The van der Waals surface area contributed by atoms with Gasteiger partial charge in [0.15, 0.2) is 11.5 Å². The van der Waals surface area contributed by atoms with Crippen molar-refractivity contribution in [2.45, 2.75) is 51.7 Å². The summed E-state index contributed by atoms with van der Waals surface area (Å²) in [5.74, 6) is -1.21. The number of aromatic nitrogens is 5. The van der Waals surface area contributed by atoms with E-state index in [4.69, 9.17) is 9.47 Å². The van der Waals surface area contributed by atoms with E-state index in [0.29, 0.717) is 33.8 Å². The third-order valence-electron chi connectivity index (χ3n) is 11.4. The molecule has 5 aromatic rings. The van der Waals surface area contributed by atoms with Gasteiger partial charge in [0.1, 0.15) is 11.4 Å². The lowest BCUT2D eigenvalue weighted by molar-refractivity contribution is -0.129. The first kappa shape index (κ1) is 33.9. The third-order valence-corrected chi connectivity index (χ3v) is 11.4. The Balaban J connectivity index is 1.20. The zero-order chi connectivity index (χ0) is 37.5. The highest BCUT2D eigenvalue weighted by molar-refractivity contribution is 6.24. The number of rotatable bonds is 7. The lowest BCUT2D eigenvalue weighted by Gasteiger charge is -2.47. The second-order valence-corrected chi connectivity index (χ2v) is 14.1. The Kier molecular flexibility index (Phi) is 7.82. The number of hydrogen-bond acceptors (Lipinski definition) is 9. The summed E-state index contributed by atoms with van der Waals surface area (Å²) in [5.41, 5.74) is 0.961. The second-order valence-electron chi connectivity index (χ2n) is 14.1. The topological polar surface area (TPSA) is 160 Å². The molecule has 53 heavy (non-hydrogen) atoms. The summed E-state index contributed by atoms with van der Waals surface area (Å²) in [6.45, 7) is 3.51. The number of ether oxygens (including phenoxy) is 2. The molecule has 0 bridgehead atoms. The first-order chi connectivity index (χ1) is 25.4. The van der Waals surface area contributed by atoms with Crippen molar-refractivity contribution in [2.24, 2.45) is 18.4 Å². The van der Waals surface area contributed by atoms with E-state index in [1.54, 1.807) is 62.5 Å². The summed E-state index contributed by atoms with van der Waals surface area (Å²) in [5, 5.41) is 10.4. The van der Waals surface area contributed by atoms with Crippen molar-refractivity contribution in [1.82, 2.24) is 23.5 Å². The van der Waals surface area contributed by atoms with Gasteiger partial charge >= 0.3 is 11.4 Å². The van der Waals surface area contributed by atoms with Gasteiger partial charge in [-0.2, -0.15) is 0 Å². The molecule has 4 heterocycles. The van der Waals surface area contributed by atoms with Crippen molar-refractivity contribution in [3.8, 4) is 17.2 Å². The summed E-state index contributed by atoms with van der Waals surface area (Å²) < 4.78 is 16.1. The number of carbonyl (C=O) groups excluding carboxylic acids is 2. The molecule has 272 valence electrons. The van der Waals surface area contributed by atoms with Gasteiger partial charge in [-0.3, -0.25) is 14.4 Å². The van der Waals surface area contributed by atoms with Gasteiger partial charge in [0, 0.05) is 38.1 Å². The number of benzene rings is 3. The van der Waals surface area contributed by atoms with Gasteiger partial charge < -0.3 is 19.1 Å². The van der Waals surface area contributed by atoms with Crippen LogP contribution < -0.4 is 31.3 Å². The average Bonchev–Trinajstić information content (AvgIpc) is 3.52. The van der Waals surface area contributed by atoms with Crippen LogP contribution in [0.2, 0.25) is 0 Å². The fraction of sp³-hybridized carbons (Fsp3) is 0.333. The van der Waals surface area contributed by atoms with Crippen LogP contribution in [0, 0.1) is 18.3 Å². The van der Waals surface area contributed by atoms with Gasteiger partial charge in [0.2, 0.25) is 11.8 Å². The molecule has 2 aliphatic heterocycles. The number of hydrogen-bond donors (Lipinski definition) is 1. The molecule has 1 saturated carbocycles. The highest BCUT2D eigenvalue weighted by Crippen LogP contribution is 2.61. The number of amides is 2. The molecule has 4 atom stereocenters. The number of allylic oxidation sites excluding steroid dienone is 2. The number of aromatic hydroxyl groups is 1. The molecule has 3 aromatic carbocycles. The van der Waals surface area contributed by atoms with E-state index in [9.17, 15) is 29.1 Å². The molecular formula is C39H38N6O8. The largest absolute Gasteiger partial charge is 0.508 e. The van der Waals surface area contributed by atoms with Gasteiger partial charge in [-0.25, -0.2) is 33.4 Å². The van der Waals surface area contributed by atoms with Crippen LogP contribution >= 0.6 is 0 Å². The van der Waals surface area contributed by atoms with Crippen LogP contribution in [0.4, 0.5) is 5.69 Å². The van der Waals surface area contributed by atoms with Gasteiger partial charge in [-0.05, 0) is 55.2 Å². The Labute approximate surface area is 302 Å². The maximum Gasteiger partial charge on any atom is 0.347 e. The Bertz CT molecular complexity index is 2580. The molecule has 8 rings (SSSR count). The van der Waals surface area contributed by atoms with E-state index in [2.05, 4.69) is 4.98 Å². The van der Waals surface area contributed by atoms with Gasteiger partial charge in [0.25, 0.3) is 5.56 Å². The van der Waals surface area contributed by atoms with Crippen LogP contribution in [-0.4, -0.2) is 54.6 Å². The first-order valence-corrected chi connectivity index (χ1v) is 17.4. The first-order valence-electron chi connectivity index (χ1n) is 17.4. The molecule has 0 spiro atoms. The summed E-state index contributed by atoms with van der Waals surface area (Å²) in [7, 11) is 4.62. The number of aryl methyl sites for hydroxylation is 3. The number of anilines is 1. The van der Waals surface area contributed by atoms with E-state index in [0.717, 1.165) is 15.7 Å². The molecule has 2 fully saturated rings. The SMILES string of the molecule is COc1cc2nc(CCn3c(=O)n4n(c3=O)[C@@H]3C[C@H]5C(=O)N(c6ccccc6)C(=O)[C@@]5(C)[C@@H](c5ccc(O)c(C)c5)C3=CC4)c(=O)n(C)c2cc1OC. The minimum Gasteiger partial charge on any atom is -0.508 e. The summed E-state index contributed by atoms with van der Waals surface area (Å²) in [4.78, 5) is 76.3. The van der Waals surface area contributed by atoms with Gasteiger partial charge in [0.05, 0.1) is 54.9 Å². The molecule has 3 aliphatic rings. The van der Waals surface area contributed by atoms with E-state index < -0.39 is 34.7 Å². The maximum atomic E-state index is 14.5. The van der Waals surface area contributed by atoms with E-state index in [1.807, 2.05) is 25.1 Å². The molecule has 0 radical (unpaired) electrons. The molecule has 14 heteroatoms. The smallest absolute Gasteiger partial charge is 0.347 e. The molecular weight excluding hydrogens is 680 g/mol. The Hall–Kier alpha value is -6.18.